The van der Waals surface area contributed by atoms with Crippen LogP contribution in [0.2, 0.25) is 0 Å². The average Bonchev–Trinajstić information content (AvgIpc) is 2.44. The van der Waals surface area contributed by atoms with Crippen molar-refractivity contribution in [2.75, 3.05) is 7.11 Å². The van der Waals surface area contributed by atoms with E-state index in [1.807, 2.05) is 0 Å². The Labute approximate surface area is 127 Å². The van der Waals surface area contributed by atoms with Crippen LogP contribution in [0.25, 0.3) is 0 Å². The van der Waals surface area contributed by atoms with Crippen molar-refractivity contribution in [1.82, 2.24) is 0 Å². The number of fused-ring (bicyclic) bond motifs is 1. The number of methoxy groups -OCH3 is 1. The minimum Gasteiger partial charge on any atom is -0.495 e. The Morgan fingerprint density at radius 3 is 2.85 bits per heavy atom. The SMILES string of the molecule is COc1c(C(N)CCC(=O)O)cc2c(c1Br)CCCC2. The highest BCUT2D eigenvalue weighted by molar-refractivity contribution is 9.10. The number of rotatable bonds is 5. The highest BCUT2D eigenvalue weighted by atomic mass is 79.9. The lowest BCUT2D eigenvalue weighted by molar-refractivity contribution is -0.137. The van der Waals surface area contributed by atoms with Crippen LogP contribution in [0.1, 0.15) is 48.4 Å². The third-order valence-electron chi connectivity index (χ3n) is 3.84. The van der Waals surface area contributed by atoms with Gasteiger partial charge >= 0.3 is 5.97 Å². The maximum Gasteiger partial charge on any atom is 0.303 e. The first-order chi connectivity index (χ1) is 9.54. The van der Waals surface area contributed by atoms with Gasteiger partial charge in [0.05, 0.1) is 11.6 Å². The number of halogens is 1. The molecule has 0 bridgehead atoms. The van der Waals surface area contributed by atoms with Gasteiger partial charge in [-0.05, 0) is 59.2 Å². The smallest absolute Gasteiger partial charge is 0.303 e. The number of carboxylic acids is 1. The molecule has 0 amide bonds. The first-order valence-corrected chi connectivity index (χ1v) is 7.69. The molecular weight excluding hydrogens is 322 g/mol. The Bertz CT molecular complexity index is 516. The minimum absolute atomic E-state index is 0.0685. The van der Waals surface area contributed by atoms with E-state index in [1.165, 1.54) is 24.0 Å². The molecule has 0 saturated heterocycles. The third-order valence-corrected chi connectivity index (χ3v) is 4.68. The summed E-state index contributed by atoms with van der Waals surface area (Å²) in [5.74, 6) is -0.0695. The van der Waals surface area contributed by atoms with Crippen LogP contribution in [0.4, 0.5) is 0 Å². The van der Waals surface area contributed by atoms with E-state index in [-0.39, 0.29) is 12.5 Å². The van der Waals surface area contributed by atoms with E-state index >= 15 is 0 Å². The Balaban J connectivity index is 2.36. The second-order valence-corrected chi connectivity index (χ2v) is 5.99. The highest BCUT2D eigenvalue weighted by Gasteiger charge is 2.22. The quantitative estimate of drug-likeness (QED) is 0.862. The van der Waals surface area contributed by atoms with E-state index in [1.54, 1.807) is 7.11 Å². The fourth-order valence-corrected chi connectivity index (χ4v) is 3.62. The van der Waals surface area contributed by atoms with Crippen molar-refractivity contribution in [3.63, 3.8) is 0 Å². The fourth-order valence-electron chi connectivity index (χ4n) is 2.77. The van der Waals surface area contributed by atoms with Gasteiger partial charge < -0.3 is 15.6 Å². The van der Waals surface area contributed by atoms with Crippen molar-refractivity contribution in [2.24, 2.45) is 5.73 Å². The largest absolute Gasteiger partial charge is 0.495 e. The zero-order valence-electron chi connectivity index (χ0n) is 11.6. The van der Waals surface area contributed by atoms with E-state index in [0.29, 0.717) is 6.42 Å². The summed E-state index contributed by atoms with van der Waals surface area (Å²) in [6.07, 6.45) is 4.97. The van der Waals surface area contributed by atoms with Crippen LogP contribution in [0, 0.1) is 0 Å². The lowest BCUT2D eigenvalue weighted by Gasteiger charge is -2.24. The number of nitrogens with two attached hydrogens (primary N) is 1. The first kappa shape index (κ1) is 15.3. The van der Waals surface area contributed by atoms with Crippen LogP contribution in [0.15, 0.2) is 10.5 Å². The standard InChI is InChI=1S/C15H20BrNO3/c1-20-15-11(12(17)6-7-13(18)19)8-9-4-2-3-5-10(9)14(15)16/h8,12H,2-7,17H2,1H3,(H,18,19). The second kappa shape index (κ2) is 6.59. The van der Waals surface area contributed by atoms with E-state index in [2.05, 4.69) is 22.0 Å². The predicted octanol–water partition coefficient (Wildman–Crippen LogP) is 3.20. The predicted molar refractivity (Wildman–Crippen MR) is 81.1 cm³/mol. The molecule has 5 heteroatoms. The molecule has 0 aromatic heterocycles. The molecular formula is C15H20BrNO3. The van der Waals surface area contributed by atoms with Gasteiger partial charge in [0, 0.05) is 18.0 Å². The summed E-state index contributed by atoms with van der Waals surface area (Å²) in [6.45, 7) is 0. The molecule has 1 aliphatic rings. The summed E-state index contributed by atoms with van der Waals surface area (Å²) >= 11 is 3.63. The van der Waals surface area contributed by atoms with Crippen molar-refractivity contribution in [1.29, 1.82) is 0 Å². The molecule has 1 aromatic rings. The van der Waals surface area contributed by atoms with E-state index in [4.69, 9.17) is 15.6 Å². The average molecular weight is 342 g/mol. The first-order valence-electron chi connectivity index (χ1n) is 6.90. The molecule has 2 rings (SSSR count). The van der Waals surface area contributed by atoms with Gasteiger partial charge in [0.1, 0.15) is 5.75 Å². The summed E-state index contributed by atoms with van der Waals surface area (Å²) in [7, 11) is 1.63. The van der Waals surface area contributed by atoms with Crippen LogP contribution in [-0.4, -0.2) is 18.2 Å². The van der Waals surface area contributed by atoms with Crippen molar-refractivity contribution in [3.05, 3.63) is 27.2 Å². The highest BCUT2D eigenvalue weighted by Crippen LogP contribution is 2.40. The number of hydrogen-bond donors (Lipinski definition) is 2. The van der Waals surface area contributed by atoms with Gasteiger partial charge in [0.2, 0.25) is 0 Å². The normalized spacial score (nSPS) is 15.6. The molecule has 1 aliphatic carbocycles. The van der Waals surface area contributed by atoms with E-state index in [9.17, 15) is 4.79 Å². The van der Waals surface area contributed by atoms with Gasteiger partial charge in [-0.3, -0.25) is 4.79 Å². The number of benzene rings is 1. The lowest BCUT2D eigenvalue weighted by Crippen LogP contribution is -2.16. The summed E-state index contributed by atoms with van der Waals surface area (Å²) in [6, 6.07) is 1.79. The zero-order chi connectivity index (χ0) is 14.7. The van der Waals surface area contributed by atoms with Gasteiger partial charge in [-0.25, -0.2) is 0 Å². The Kier molecular flexibility index (Phi) is 5.05. The molecule has 1 atom stereocenters. The Morgan fingerprint density at radius 2 is 2.20 bits per heavy atom. The monoisotopic (exact) mass is 341 g/mol. The van der Waals surface area contributed by atoms with E-state index in [0.717, 1.165) is 28.6 Å². The van der Waals surface area contributed by atoms with Crippen LogP contribution in [0.3, 0.4) is 0 Å². The van der Waals surface area contributed by atoms with E-state index < -0.39 is 5.97 Å². The summed E-state index contributed by atoms with van der Waals surface area (Å²) < 4.78 is 6.48. The minimum atomic E-state index is -0.823. The van der Waals surface area contributed by atoms with Gasteiger partial charge in [0.25, 0.3) is 0 Å². The maximum atomic E-state index is 10.7. The van der Waals surface area contributed by atoms with Crippen LogP contribution in [-0.2, 0) is 17.6 Å². The molecule has 0 aliphatic heterocycles. The number of ether oxygens (including phenoxy) is 1. The zero-order valence-corrected chi connectivity index (χ0v) is 13.2. The molecule has 0 fully saturated rings. The van der Waals surface area contributed by atoms with Crippen LogP contribution >= 0.6 is 15.9 Å². The van der Waals surface area contributed by atoms with Gasteiger partial charge in [-0.1, -0.05) is 6.07 Å². The topological polar surface area (TPSA) is 72.5 Å². The number of carbonyl (C=O) groups is 1. The van der Waals surface area contributed by atoms with Gasteiger partial charge in [-0.2, -0.15) is 0 Å². The molecule has 4 nitrogen and oxygen atoms in total. The Morgan fingerprint density at radius 1 is 1.50 bits per heavy atom. The summed E-state index contributed by atoms with van der Waals surface area (Å²) in [5.41, 5.74) is 9.68. The number of aliphatic carboxylic acids is 1. The lowest BCUT2D eigenvalue weighted by atomic mass is 9.88. The number of hydrogen-bond acceptors (Lipinski definition) is 3. The number of carboxylic acid groups (broad SMARTS) is 1. The summed E-state index contributed by atoms with van der Waals surface area (Å²) in [5, 5.41) is 8.79. The van der Waals surface area contributed by atoms with Crippen molar-refractivity contribution in [2.45, 2.75) is 44.6 Å². The maximum absolute atomic E-state index is 10.7. The molecule has 1 unspecified atom stereocenters. The van der Waals surface area contributed by atoms with Crippen molar-refractivity contribution in [3.8, 4) is 5.75 Å². The molecule has 20 heavy (non-hydrogen) atoms. The molecule has 1 aromatic carbocycles. The van der Waals surface area contributed by atoms with Crippen LogP contribution in [0.5, 0.6) is 5.75 Å². The third kappa shape index (κ3) is 3.15. The molecule has 110 valence electrons. The molecule has 0 radical (unpaired) electrons. The van der Waals surface area contributed by atoms with Gasteiger partial charge in [0.15, 0.2) is 0 Å². The van der Waals surface area contributed by atoms with Crippen molar-refractivity contribution >= 4 is 21.9 Å². The summed E-state index contributed by atoms with van der Waals surface area (Å²) in [4.78, 5) is 10.7. The fraction of sp³-hybridized carbons (Fsp3) is 0.533. The molecule has 0 heterocycles. The van der Waals surface area contributed by atoms with Crippen molar-refractivity contribution < 1.29 is 14.6 Å². The molecule has 3 N–H and O–H groups in total. The molecule has 0 spiro atoms. The Hall–Kier alpha value is -1.07. The molecule has 0 saturated carbocycles. The van der Waals surface area contributed by atoms with Crippen LogP contribution < -0.4 is 10.5 Å². The van der Waals surface area contributed by atoms with Gasteiger partial charge in [-0.15, -0.1) is 0 Å². The second-order valence-electron chi connectivity index (χ2n) is 5.20. The number of aryl methyl sites for hydroxylation is 1.